The van der Waals surface area contributed by atoms with Gasteiger partial charge in [-0.3, -0.25) is 9.59 Å². The molecule has 1 saturated heterocycles. The van der Waals surface area contributed by atoms with Gasteiger partial charge in [0, 0.05) is 65.4 Å². The highest BCUT2D eigenvalue weighted by atomic mass is 35.5. The van der Waals surface area contributed by atoms with E-state index in [4.69, 9.17) is 17.3 Å². The van der Waals surface area contributed by atoms with Crippen molar-refractivity contribution >= 4 is 61.9 Å². The Morgan fingerprint density at radius 1 is 1.08 bits per heavy atom. The number of hydrogen-bond acceptors (Lipinski definition) is 4. The SMILES string of the molecule is Cc1c(NS(=O)CCCCl)cccc1-c1ccc(C(N)=O)c2[nH]c3cc(C(=O)N4CCN(C)CC4)ccc3c12. The molecule has 8 nitrogen and oxygen atoms in total. The van der Waals surface area contributed by atoms with Crippen LogP contribution in [-0.4, -0.2) is 75.7 Å². The second-order valence-corrected chi connectivity index (χ2v) is 11.6. The fourth-order valence-corrected chi connectivity index (χ4v) is 6.43. The predicted octanol–water partition coefficient (Wildman–Crippen LogP) is 4.49. The van der Waals surface area contributed by atoms with Crippen molar-refractivity contribution in [3.63, 3.8) is 0 Å². The molecule has 0 aliphatic carbocycles. The van der Waals surface area contributed by atoms with Crippen molar-refractivity contribution in [2.75, 3.05) is 49.6 Å². The number of rotatable bonds is 8. The summed E-state index contributed by atoms with van der Waals surface area (Å²) in [6.45, 7) is 5.05. The fraction of sp³-hybridized carbons (Fsp3) is 0.310. The van der Waals surface area contributed by atoms with E-state index in [-0.39, 0.29) is 5.91 Å². The maximum atomic E-state index is 13.2. The highest BCUT2D eigenvalue weighted by molar-refractivity contribution is 7.86. The van der Waals surface area contributed by atoms with E-state index in [2.05, 4.69) is 21.7 Å². The summed E-state index contributed by atoms with van der Waals surface area (Å²) in [5.74, 6) is 0.381. The molecule has 2 amide bonds. The molecule has 4 aromatic rings. The van der Waals surface area contributed by atoms with Crippen LogP contribution in [-0.2, 0) is 11.0 Å². The van der Waals surface area contributed by atoms with E-state index in [0.29, 0.717) is 47.8 Å². The molecule has 10 heteroatoms. The monoisotopic (exact) mass is 565 g/mol. The molecule has 1 fully saturated rings. The summed E-state index contributed by atoms with van der Waals surface area (Å²) in [7, 11) is 0.807. The number of anilines is 1. The Morgan fingerprint density at radius 3 is 2.56 bits per heavy atom. The van der Waals surface area contributed by atoms with Gasteiger partial charge in [0.15, 0.2) is 0 Å². The van der Waals surface area contributed by atoms with Crippen molar-refractivity contribution in [1.29, 1.82) is 0 Å². The number of hydrogen-bond donors (Lipinski definition) is 3. The molecule has 0 spiro atoms. The molecule has 1 aliphatic rings. The van der Waals surface area contributed by atoms with Crippen LogP contribution in [0.4, 0.5) is 5.69 Å². The van der Waals surface area contributed by atoms with Crippen LogP contribution in [0, 0.1) is 6.92 Å². The summed E-state index contributed by atoms with van der Waals surface area (Å²) in [4.78, 5) is 33.1. The first-order valence-corrected chi connectivity index (χ1v) is 14.8. The highest BCUT2D eigenvalue weighted by Crippen LogP contribution is 2.39. The number of aromatic nitrogens is 1. The number of carbonyl (C=O) groups excluding carboxylic acids is 2. The van der Waals surface area contributed by atoms with Crippen LogP contribution in [0.5, 0.6) is 0 Å². The van der Waals surface area contributed by atoms with Crippen molar-refractivity contribution < 1.29 is 13.8 Å². The van der Waals surface area contributed by atoms with Crippen molar-refractivity contribution in [1.82, 2.24) is 14.8 Å². The van der Waals surface area contributed by atoms with Gasteiger partial charge < -0.3 is 25.2 Å². The minimum atomic E-state index is -1.25. The number of aromatic amines is 1. The van der Waals surface area contributed by atoms with Crippen molar-refractivity contribution in [2.45, 2.75) is 13.3 Å². The van der Waals surface area contributed by atoms with Crippen LogP contribution in [0.1, 0.15) is 32.7 Å². The Morgan fingerprint density at radius 2 is 1.85 bits per heavy atom. The van der Waals surface area contributed by atoms with Gasteiger partial charge in [-0.15, -0.1) is 11.6 Å². The number of likely N-dealkylation sites (N-methyl/N-ethyl adjacent to an activating group) is 1. The van der Waals surface area contributed by atoms with E-state index < -0.39 is 16.9 Å². The normalized spacial score (nSPS) is 15.1. The van der Waals surface area contributed by atoms with Crippen LogP contribution >= 0.6 is 11.6 Å². The number of fused-ring (bicyclic) bond motifs is 3. The van der Waals surface area contributed by atoms with Crippen LogP contribution in [0.15, 0.2) is 48.5 Å². The van der Waals surface area contributed by atoms with Crippen molar-refractivity contribution in [3.05, 3.63) is 65.2 Å². The number of carbonyl (C=O) groups is 2. The quantitative estimate of drug-likeness (QED) is 0.273. The van der Waals surface area contributed by atoms with E-state index in [9.17, 15) is 13.8 Å². The molecule has 0 radical (unpaired) electrons. The van der Waals surface area contributed by atoms with Crippen molar-refractivity contribution in [3.8, 4) is 11.1 Å². The first-order chi connectivity index (χ1) is 18.8. The van der Waals surface area contributed by atoms with E-state index in [1.165, 1.54) is 0 Å². The molecule has 39 heavy (non-hydrogen) atoms. The molecule has 5 rings (SSSR count). The number of halogens is 1. The second-order valence-electron chi connectivity index (χ2n) is 9.93. The third-order valence-electron chi connectivity index (χ3n) is 7.37. The van der Waals surface area contributed by atoms with Gasteiger partial charge in [-0.1, -0.05) is 24.3 Å². The number of benzene rings is 3. The zero-order valence-electron chi connectivity index (χ0n) is 22.1. The van der Waals surface area contributed by atoms with Crippen LogP contribution in [0.25, 0.3) is 32.9 Å². The molecule has 1 atom stereocenters. The highest BCUT2D eigenvalue weighted by Gasteiger charge is 2.23. The Hall–Kier alpha value is -3.40. The molecule has 0 saturated carbocycles. The number of piperazine rings is 1. The molecule has 204 valence electrons. The van der Waals surface area contributed by atoms with Crippen LogP contribution < -0.4 is 10.5 Å². The molecule has 2 heterocycles. The Kier molecular flexibility index (Phi) is 7.93. The topological polar surface area (TPSA) is 112 Å². The number of nitrogens with one attached hydrogen (secondary N) is 2. The molecule has 1 aromatic heterocycles. The van der Waals surface area contributed by atoms with E-state index >= 15 is 0 Å². The molecule has 3 aromatic carbocycles. The van der Waals surface area contributed by atoms with E-state index in [0.717, 1.165) is 51.8 Å². The summed E-state index contributed by atoms with van der Waals surface area (Å²) in [6, 6.07) is 15.1. The first-order valence-electron chi connectivity index (χ1n) is 13.0. The standard InChI is InChI=1S/C29H32ClN5O3S/c1-18-20(5-3-6-24(18)33-39(38)16-4-11-30)21-9-10-23(28(31)36)27-26(21)22-8-7-19(17-25(22)32-27)29(37)35-14-12-34(2)13-15-35/h3,5-10,17,32-33H,4,11-16H2,1-2H3,(H2,31,36). The van der Waals surface area contributed by atoms with Crippen LogP contribution in [0.2, 0.25) is 0 Å². The number of nitrogens with zero attached hydrogens (tertiary/aromatic N) is 2. The van der Waals surface area contributed by atoms with Gasteiger partial charge in [-0.05, 0) is 61.3 Å². The minimum absolute atomic E-state index is 0.00390. The number of amides is 2. The average molecular weight is 566 g/mol. The van der Waals surface area contributed by atoms with Gasteiger partial charge in [0.2, 0.25) is 0 Å². The van der Waals surface area contributed by atoms with Gasteiger partial charge in [-0.2, -0.15) is 0 Å². The van der Waals surface area contributed by atoms with E-state index in [1.54, 1.807) is 6.07 Å². The molecule has 1 unspecified atom stereocenters. The van der Waals surface area contributed by atoms with Gasteiger partial charge in [0.05, 0.1) is 11.1 Å². The van der Waals surface area contributed by atoms with Crippen LogP contribution in [0.3, 0.4) is 0 Å². The Labute approximate surface area is 235 Å². The van der Waals surface area contributed by atoms with E-state index in [1.807, 2.05) is 54.3 Å². The number of alkyl halides is 1. The minimum Gasteiger partial charge on any atom is -0.366 e. The summed E-state index contributed by atoms with van der Waals surface area (Å²) in [5.41, 5.74) is 11.7. The predicted molar refractivity (Wildman–Crippen MR) is 160 cm³/mol. The Bertz CT molecular complexity index is 1590. The second kappa shape index (κ2) is 11.4. The number of H-pyrrole nitrogens is 1. The summed E-state index contributed by atoms with van der Waals surface area (Å²) >= 11 is 5.76. The first kappa shape index (κ1) is 27.2. The lowest BCUT2D eigenvalue weighted by molar-refractivity contribution is 0.0664. The number of primary amides is 1. The lowest BCUT2D eigenvalue weighted by atomic mass is 9.93. The average Bonchev–Trinajstić information content (AvgIpc) is 3.31. The van der Waals surface area contributed by atoms with Gasteiger partial charge in [-0.25, -0.2) is 4.21 Å². The van der Waals surface area contributed by atoms with Gasteiger partial charge in [0.25, 0.3) is 11.8 Å². The molecule has 1 aliphatic heterocycles. The number of nitrogens with two attached hydrogens (primary N) is 1. The van der Waals surface area contributed by atoms with Gasteiger partial charge >= 0.3 is 0 Å². The molecule has 0 bridgehead atoms. The van der Waals surface area contributed by atoms with Crippen molar-refractivity contribution in [2.24, 2.45) is 5.73 Å². The fourth-order valence-electron chi connectivity index (χ4n) is 5.16. The largest absolute Gasteiger partial charge is 0.366 e. The molecular formula is C29H32ClN5O3S. The third-order valence-corrected chi connectivity index (χ3v) is 8.74. The summed E-state index contributed by atoms with van der Waals surface area (Å²) in [5, 5.41) is 1.74. The Balaban J connectivity index is 1.60. The zero-order valence-corrected chi connectivity index (χ0v) is 23.6. The lowest BCUT2D eigenvalue weighted by Gasteiger charge is -2.32. The molecular weight excluding hydrogens is 534 g/mol. The maximum absolute atomic E-state index is 13.2. The van der Waals surface area contributed by atoms with Gasteiger partial charge in [0.1, 0.15) is 11.0 Å². The summed E-state index contributed by atoms with van der Waals surface area (Å²) < 4.78 is 15.6. The third kappa shape index (κ3) is 5.39. The zero-order chi connectivity index (χ0) is 27.7. The smallest absolute Gasteiger partial charge is 0.254 e. The molecule has 4 N–H and O–H groups in total. The summed E-state index contributed by atoms with van der Waals surface area (Å²) in [6.07, 6.45) is 0.656. The maximum Gasteiger partial charge on any atom is 0.254 e. The lowest BCUT2D eigenvalue weighted by Crippen LogP contribution is -2.47.